The lowest BCUT2D eigenvalue weighted by Gasteiger charge is -2.05. The number of allylic oxidation sites excluding steroid dienone is 1. The Morgan fingerprint density at radius 2 is 2.10 bits per heavy atom. The smallest absolute Gasteiger partial charge is 0.0631 e. The van der Waals surface area contributed by atoms with Gasteiger partial charge in [0.2, 0.25) is 0 Å². The van der Waals surface area contributed by atoms with Crippen molar-refractivity contribution in [3.8, 4) is 0 Å². The van der Waals surface area contributed by atoms with Crippen LogP contribution in [0.2, 0.25) is 0 Å². The first-order valence-corrected chi connectivity index (χ1v) is 3.63. The van der Waals surface area contributed by atoms with Crippen molar-refractivity contribution in [1.82, 2.24) is 5.01 Å². The minimum absolute atomic E-state index is 1.11. The van der Waals surface area contributed by atoms with Crippen LogP contribution in [-0.2, 0) is 0 Å². The molecule has 0 unspecified atom stereocenters. The Morgan fingerprint density at radius 3 is 2.50 bits per heavy atom. The van der Waals surface area contributed by atoms with Crippen LogP contribution in [0.25, 0.3) is 0 Å². The van der Waals surface area contributed by atoms with Crippen molar-refractivity contribution in [2.45, 2.75) is 19.3 Å². The number of hydrazone groups is 1. The van der Waals surface area contributed by atoms with E-state index in [0.29, 0.717) is 0 Å². The highest BCUT2D eigenvalue weighted by Crippen LogP contribution is 2.19. The molecule has 56 valence electrons. The van der Waals surface area contributed by atoms with Crippen molar-refractivity contribution in [3.05, 3.63) is 12.2 Å². The van der Waals surface area contributed by atoms with Crippen LogP contribution in [0.1, 0.15) is 19.3 Å². The highest BCUT2D eigenvalue weighted by Gasteiger charge is 2.12. The third-order valence-corrected chi connectivity index (χ3v) is 1.62. The van der Waals surface area contributed by atoms with Gasteiger partial charge in [-0.3, -0.25) is 0 Å². The van der Waals surface area contributed by atoms with E-state index in [1.54, 1.807) is 0 Å². The van der Waals surface area contributed by atoms with Gasteiger partial charge >= 0.3 is 0 Å². The molecule has 0 aliphatic heterocycles. The van der Waals surface area contributed by atoms with E-state index >= 15 is 0 Å². The van der Waals surface area contributed by atoms with E-state index in [4.69, 9.17) is 0 Å². The van der Waals surface area contributed by atoms with E-state index in [9.17, 15) is 0 Å². The third-order valence-electron chi connectivity index (χ3n) is 1.62. The molecule has 0 amide bonds. The van der Waals surface area contributed by atoms with Crippen LogP contribution in [-0.4, -0.2) is 24.8 Å². The number of hydrogen-bond donors (Lipinski definition) is 0. The Labute approximate surface area is 62.2 Å². The van der Waals surface area contributed by atoms with Crippen molar-refractivity contribution in [3.63, 3.8) is 0 Å². The molecule has 0 bridgehead atoms. The maximum absolute atomic E-state index is 4.31. The molecule has 2 heteroatoms. The lowest BCUT2D eigenvalue weighted by atomic mass is 10.2. The first-order chi connectivity index (χ1) is 4.70. The molecule has 0 heterocycles. The average Bonchev–Trinajstić information content (AvgIpc) is 2.15. The molecule has 1 rings (SSSR count). The van der Waals surface area contributed by atoms with Gasteiger partial charge in [-0.05, 0) is 24.8 Å². The van der Waals surface area contributed by atoms with Crippen LogP contribution in [0.5, 0.6) is 0 Å². The van der Waals surface area contributed by atoms with Gasteiger partial charge in [0.05, 0.1) is 5.71 Å². The van der Waals surface area contributed by atoms with E-state index in [1.807, 2.05) is 19.1 Å². The summed E-state index contributed by atoms with van der Waals surface area (Å²) in [7, 11) is 3.89. The van der Waals surface area contributed by atoms with Gasteiger partial charge in [-0.15, -0.1) is 0 Å². The summed E-state index contributed by atoms with van der Waals surface area (Å²) in [5, 5.41) is 6.15. The Balaban J connectivity index is 2.62. The molecule has 0 N–H and O–H groups in total. The topological polar surface area (TPSA) is 15.6 Å². The predicted molar refractivity (Wildman–Crippen MR) is 44.1 cm³/mol. The summed E-state index contributed by atoms with van der Waals surface area (Å²) < 4.78 is 0. The fraction of sp³-hybridized carbons (Fsp3) is 0.625. The van der Waals surface area contributed by atoms with Gasteiger partial charge in [-0.1, -0.05) is 6.58 Å². The maximum Gasteiger partial charge on any atom is 0.0631 e. The Kier molecular flexibility index (Phi) is 2.10. The number of nitrogens with zero attached hydrogens (tertiary/aromatic N) is 2. The molecule has 0 atom stereocenters. The fourth-order valence-electron chi connectivity index (χ4n) is 1.15. The Hall–Kier alpha value is -0.790. The summed E-state index contributed by atoms with van der Waals surface area (Å²) in [6.45, 7) is 3.93. The normalized spacial score (nSPS) is 22.2. The standard InChI is InChI=1S/C8H14N2/c1-7-5-4-6-8(7)9-10(2)3/h1,4-6H2,2-3H3/b9-8+. The summed E-state index contributed by atoms with van der Waals surface area (Å²) in [6, 6.07) is 0. The van der Waals surface area contributed by atoms with Crippen LogP contribution in [0.3, 0.4) is 0 Å². The van der Waals surface area contributed by atoms with Crippen LogP contribution in [0, 0.1) is 0 Å². The Bertz CT molecular complexity index is 168. The quantitative estimate of drug-likeness (QED) is 0.503. The molecule has 0 aromatic heterocycles. The van der Waals surface area contributed by atoms with Crippen LogP contribution < -0.4 is 0 Å². The zero-order valence-electron chi connectivity index (χ0n) is 6.72. The predicted octanol–water partition coefficient (Wildman–Crippen LogP) is 1.64. The van der Waals surface area contributed by atoms with Gasteiger partial charge in [-0.25, -0.2) is 0 Å². The molecule has 0 spiro atoms. The Morgan fingerprint density at radius 1 is 1.40 bits per heavy atom. The maximum atomic E-state index is 4.31. The summed E-state index contributed by atoms with van der Waals surface area (Å²) in [5.74, 6) is 0. The molecule has 0 saturated heterocycles. The van der Waals surface area contributed by atoms with Gasteiger partial charge in [0.15, 0.2) is 0 Å². The van der Waals surface area contributed by atoms with Crippen LogP contribution in [0.4, 0.5) is 0 Å². The van der Waals surface area contributed by atoms with E-state index in [1.165, 1.54) is 17.7 Å². The average molecular weight is 138 g/mol. The first kappa shape index (κ1) is 7.32. The second-order valence-corrected chi connectivity index (χ2v) is 2.85. The van der Waals surface area contributed by atoms with Gasteiger partial charge in [0.25, 0.3) is 0 Å². The highest BCUT2D eigenvalue weighted by atomic mass is 15.4. The summed E-state index contributed by atoms with van der Waals surface area (Å²) in [5.41, 5.74) is 2.40. The van der Waals surface area contributed by atoms with Crippen molar-refractivity contribution in [2.24, 2.45) is 5.10 Å². The molecule has 1 aliphatic rings. The monoisotopic (exact) mass is 138 g/mol. The van der Waals surface area contributed by atoms with Crippen molar-refractivity contribution in [1.29, 1.82) is 0 Å². The first-order valence-electron chi connectivity index (χ1n) is 3.63. The van der Waals surface area contributed by atoms with E-state index in [2.05, 4.69) is 11.7 Å². The zero-order valence-corrected chi connectivity index (χ0v) is 6.72. The molecule has 0 radical (unpaired) electrons. The second kappa shape index (κ2) is 2.86. The summed E-state index contributed by atoms with van der Waals surface area (Å²) in [6.07, 6.45) is 3.47. The molecule has 1 saturated carbocycles. The summed E-state index contributed by atoms with van der Waals surface area (Å²) in [4.78, 5) is 0. The molecule has 0 aromatic rings. The van der Waals surface area contributed by atoms with Crippen molar-refractivity contribution in [2.75, 3.05) is 14.1 Å². The zero-order chi connectivity index (χ0) is 7.56. The molecule has 10 heavy (non-hydrogen) atoms. The SMILES string of the molecule is C=C1CCC/C1=N\N(C)C. The van der Waals surface area contributed by atoms with Crippen molar-refractivity contribution >= 4 is 5.71 Å². The van der Waals surface area contributed by atoms with Crippen LogP contribution >= 0.6 is 0 Å². The lowest BCUT2D eigenvalue weighted by molar-refractivity contribution is 0.437. The fourth-order valence-corrected chi connectivity index (χ4v) is 1.15. The molecule has 1 fully saturated rings. The largest absolute Gasteiger partial charge is 0.303 e. The lowest BCUT2D eigenvalue weighted by Crippen LogP contribution is -2.06. The number of rotatable bonds is 1. The molecular formula is C8H14N2. The molecule has 2 nitrogen and oxygen atoms in total. The highest BCUT2D eigenvalue weighted by molar-refractivity contribution is 6.01. The van der Waals surface area contributed by atoms with Gasteiger partial charge < -0.3 is 5.01 Å². The minimum Gasteiger partial charge on any atom is -0.303 e. The second-order valence-electron chi connectivity index (χ2n) is 2.85. The third kappa shape index (κ3) is 1.59. The van der Waals surface area contributed by atoms with E-state index in [0.717, 1.165) is 12.8 Å². The van der Waals surface area contributed by atoms with Gasteiger partial charge in [0, 0.05) is 14.1 Å². The van der Waals surface area contributed by atoms with E-state index in [-0.39, 0.29) is 0 Å². The minimum atomic E-state index is 1.11. The van der Waals surface area contributed by atoms with E-state index < -0.39 is 0 Å². The number of hydrogen-bond acceptors (Lipinski definition) is 2. The molecule has 1 aliphatic carbocycles. The van der Waals surface area contributed by atoms with Crippen molar-refractivity contribution < 1.29 is 0 Å². The summed E-state index contributed by atoms with van der Waals surface area (Å²) >= 11 is 0. The van der Waals surface area contributed by atoms with Gasteiger partial charge in [0.1, 0.15) is 0 Å². The van der Waals surface area contributed by atoms with Crippen LogP contribution in [0.15, 0.2) is 17.3 Å². The molecule has 0 aromatic carbocycles. The van der Waals surface area contributed by atoms with Gasteiger partial charge in [-0.2, -0.15) is 5.10 Å². The molecular weight excluding hydrogens is 124 g/mol.